The Morgan fingerprint density at radius 3 is 1.63 bits per heavy atom. The molecule has 107 heavy (non-hydrogen) atoms. The second kappa shape index (κ2) is 55.9. The molecule has 0 amide bonds. The molecule has 13 N–H and O–H groups in total. The van der Waals surface area contributed by atoms with Crippen LogP contribution in [0, 0.1) is 17.8 Å². The van der Waals surface area contributed by atoms with Crippen LogP contribution in [0.25, 0.3) is 0 Å². The standard InChI is InChI=1S/C80H136NO25P/c1-7-9-11-13-15-17-21-27-31-35-39-43-70(88)99-55-65(104-71(89)44-40-36-32-28-22-18-16-14-12-10-8-2)56-101-107(97,98)100-48-47-81-74-76(92)60(6)103-79(77(74)93)105-64-42-38-34-30-26-24-20-19-23-25-29-33-37-41-57(3)75(91)58(4)59(5)102-72(90)51-62(83)49-61(82)45-46-66(85)67(86)50-63(84)53-80(96)54-68(87)73(78(94)95)69(52-64)106-80/h19-20,23-26,29-30,33-34,37-38,41-42,57-69,73-77,79,81-87,91-93,96H,7-18,21-22,27-28,31-32,35-36,39-40,43-56H2,1-6H3,(H,94,95)(H,97,98)/t57-,58-,59-,60+,61+,62+,63-,64-,65+,66+,67+,68-,69-,73+,74-,75+,76+,77-,79-,80+/m0/s1. The van der Waals surface area contributed by atoms with Gasteiger partial charge in [-0.25, -0.2) is 4.57 Å². The number of carbonyl (C=O) groups is 4. The molecule has 27 heteroatoms. The lowest BCUT2D eigenvalue weighted by Gasteiger charge is -2.45. The summed E-state index contributed by atoms with van der Waals surface area (Å²) in [5.41, 5.74) is 0. The van der Waals surface area contributed by atoms with Crippen LogP contribution < -0.4 is 5.32 Å². The molecule has 2 bridgehead atoms. The Bertz CT molecular complexity index is 2690. The van der Waals surface area contributed by atoms with Crippen molar-refractivity contribution >= 4 is 31.7 Å². The topological polar surface area (TPSA) is 414 Å². The van der Waals surface area contributed by atoms with Crippen molar-refractivity contribution in [2.24, 2.45) is 17.8 Å². The number of esters is 3. The van der Waals surface area contributed by atoms with Gasteiger partial charge in [0.25, 0.3) is 0 Å². The van der Waals surface area contributed by atoms with Crippen LogP contribution in [-0.2, 0) is 61.2 Å². The van der Waals surface area contributed by atoms with Crippen molar-refractivity contribution in [3.63, 3.8) is 0 Å². The lowest BCUT2D eigenvalue weighted by atomic mass is 9.82. The average molecular weight is 1540 g/mol. The number of phosphoric acid groups is 1. The number of nitrogens with one attached hydrogen (secondary N) is 1. The molecule has 1 unspecified atom stereocenters. The number of phosphoric ester groups is 1. The van der Waals surface area contributed by atoms with Gasteiger partial charge >= 0.3 is 31.7 Å². The van der Waals surface area contributed by atoms with Crippen LogP contribution >= 0.6 is 7.82 Å². The molecule has 0 aromatic rings. The first-order valence-corrected chi connectivity index (χ1v) is 41.2. The number of allylic oxidation sites excluding steroid dienone is 12. The number of cyclic esters (lactones) is 1. The Morgan fingerprint density at radius 1 is 0.570 bits per heavy atom. The maximum absolute atomic E-state index is 13.4. The van der Waals surface area contributed by atoms with E-state index in [4.69, 9.17) is 37.5 Å². The van der Waals surface area contributed by atoms with Gasteiger partial charge in [-0.15, -0.1) is 0 Å². The van der Waals surface area contributed by atoms with Gasteiger partial charge in [-0.05, 0) is 46.0 Å². The number of unbranched alkanes of at least 4 members (excludes halogenated alkanes) is 20. The summed E-state index contributed by atoms with van der Waals surface area (Å²) < 4.78 is 59.0. The Hall–Kier alpha value is -4.39. The molecular formula is C80H136NO25P. The Kier molecular flexibility index (Phi) is 50.6. The number of ether oxygens (including phenoxy) is 6. The van der Waals surface area contributed by atoms with Crippen LogP contribution in [0.15, 0.2) is 85.1 Å². The third-order valence-electron chi connectivity index (χ3n) is 19.8. The number of carboxylic acid groups (broad SMARTS) is 1. The van der Waals surface area contributed by atoms with E-state index in [1.54, 1.807) is 86.8 Å². The average Bonchev–Trinajstić information content (AvgIpc) is 0.825. The van der Waals surface area contributed by atoms with Crippen molar-refractivity contribution in [3.05, 3.63) is 85.1 Å². The minimum absolute atomic E-state index is 0.0848. The second-order valence-electron chi connectivity index (χ2n) is 29.4. The Balaban J connectivity index is 1.78. The number of hydrogen-bond acceptors (Lipinski definition) is 24. The first kappa shape index (κ1) is 96.8. The van der Waals surface area contributed by atoms with Crippen LogP contribution in [-0.4, -0.2) is 215 Å². The molecule has 0 saturated carbocycles. The maximum atomic E-state index is 13.4. The molecule has 0 radical (unpaired) electrons. The largest absolute Gasteiger partial charge is 0.481 e. The van der Waals surface area contributed by atoms with Gasteiger partial charge in [0.05, 0.1) is 92.8 Å². The SMILES string of the molecule is CCCCCCCCCCCCCC(=O)OC[C@H](COP(=O)(O)OCCN[C@@H]1[C@H](O)[C@H](O[C@H]2C=CC=CC=CC=CC=CC=CC=C[C@H](C)[C@@H](O)[C@@H](C)[C@H](C)OC(=O)C[C@H](O)C[C@H](O)CC[C@@H](O)[C@H](O)C[C@H](O)C[C@]3(O)C[C@H](O)[C@@H](C(=O)O)[C@H](C2)O3)O[C@H](C)[C@H]1O)OC(=O)CCCCCCCCCCCCC. The molecule has 0 aromatic carbocycles. The van der Waals surface area contributed by atoms with Crippen LogP contribution in [0.1, 0.15) is 247 Å². The van der Waals surface area contributed by atoms with Crippen molar-refractivity contribution in [2.45, 2.75) is 351 Å². The number of rotatable bonds is 38. The lowest BCUT2D eigenvalue weighted by molar-refractivity contribution is -0.309. The van der Waals surface area contributed by atoms with E-state index in [-0.39, 0.29) is 44.6 Å². The van der Waals surface area contributed by atoms with Gasteiger partial charge in [-0.1, -0.05) is 241 Å². The highest BCUT2D eigenvalue weighted by atomic mass is 31.2. The molecule has 21 atom stereocenters. The molecule has 0 aromatic heterocycles. The van der Waals surface area contributed by atoms with E-state index in [1.165, 1.54) is 96.1 Å². The number of aliphatic hydroxyl groups excluding tert-OH is 9. The van der Waals surface area contributed by atoms with Crippen LogP contribution in [0.3, 0.4) is 0 Å². The summed E-state index contributed by atoms with van der Waals surface area (Å²) in [4.78, 5) is 62.5. The number of hydrogen-bond donors (Lipinski definition) is 13. The van der Waals surface area contributed by atoms with Crippen molar-refractivity contribution in [2.75, 3.05) is 26.4 Å². The van der Waals surface area contributed by atoms with E-state index in [2.05, 4.69) is 19.2 Å². The summed E-state index contributed by atoms with van der Waals surface area (Å²) in [6.07, 6.45) is 24.0. The lowest BCUT2D eigenvalue weighted by Crippen LogP contribution is -2.63. The van der Waals surface area contributed by atoms with Gasteiger partial charge in [0.15, 0.2) is 18.2 Å². The summed E-state index contributed by atoms with van der Waals surface area (Å²) in [6, 6.07) is -1.27. The molecule has 3 aliphatic heterocycles. The van der Waals surface area contributed by atoms with E-state index in [1.807, 2.05) is 6.92 Å². The number of carboxylic acids is 1. The zero-order valence-corrected chi connectivity index (χ0v) is 65.5. The van der Waals surface area contributed by atoms with Crippen molar-refractivity contribution < 1.29 is 122 Å². The zero-order valence-electron chi connectivity index (χ0n) is 64.6. The first-order valence-electron chi connectivity index (χ1n) is 39.7. The van der Waals surface area contributed by atoms with E-state index in [0.29, 0.717) is 12.8 Å². The fourth-order valence-corrected chi connectivity index (χ4v) is 14.0. The molecule has 3 rings (SSSR count). The van der Waals surface area contributed by atoms with E-state index in [9.17, 15) is 84.8 Å². The van der Waals surface area contributed by atoms with Gasteiger partial charge in [-0.3, -0.25) is 28.2 Å². The van der Waals surface area contributed by atoms with Gasteiger partial charge in [0.1, 0.15) is 24.7 Å². The highest BCUT2D eigenvalue weighted by Crippen LogP contribution is 2.43. The summed E-state index contributed by atoms with van der Waals surface area (Å²) in [5, 5.41) is 125. The number of aliphatic carboxylic acids is 1. The van der Waals surface area contributed by atoms with Crippen LogP contribution in [0.2, 0.25) is 0 Å². The minimum Gasteiger partial charge on any atom is -0.481 e. The van der Waals surface area contributed by atoms with Crippen LogP contribution in [0.5, 0.6) is 0 Å². The highest BCUT2D eigenvalue weighted by Gasteiger charge is 2.51. The third-order valence-corrected chi connectivity index (χ3v) is 20.8. The molecular weight excluding hydrogens is 1410 g/mol. The van der Waals surface area contributed by atoms with Gasteiger partial charge in [0, 0.05) is 56.9 Å². The molecule has 2 saturated heterocycles. The number of carbonyl (C=O) groups excluding carboxylic acids is 3. The fourth-order valence-electron chi connectivity index (χ4n) is 13.3. The molecule has 3 aliphatic rings. The van der Waals surface area contributed by atoms with Gasteiger partial charge in [0.2, 0.25) is 0 Å². The zero-order chi connectivity index (χ0) is 79.0. The second-order valence-corrected chi connectivity index (χ2v) is 30.9. The summed E-state index contributed by atoms with van der Waals surface area (Å²) >= 11 is 0. The number of aliphatic hydroxyl groups is 10. The molecule has 0 spiro atoms. The highest BCUT2D eigenvalue weighted by molar-refractivity contribution is 7.47. The molecule has 0 aliphatic carbocycles. The summed E-state index contributed by atoms with van der Waals surface area (Å²) in [7, 11) is -4.91. The molecule has 2 fully saturated rings. The smallest absolute Gasteiger partial charge is 0.472 e. The monoisotopic (exact) mass is 1540 g/mol. The third kappa shape index (κ3) is 42.7. The molecule has 616 valence electrons. The summed E-state index contributed by atoms with van der Waals surface area (Å²) in [6.45, 7) is 9.16. The van der Waals surface area contributed by atoms with E-state index < -0.39 is 199 Å². The summed E-state index contributed by atoms with van der Waals surface area (Å²) in [5.74, 6) is -8.31. The van der Waals surface area contributed by atoms with Crippen molar-refractivity contribution in [1.29, 1.82) is 0 Å². The Labute approximate surface area is 636 Å². The van der Waals surface area contributed by atoms with Crippen molar-refractivity contribution in [1.82, 2.24) is 5.32 Å². The normalized spacial score (nSPS) is 31.0. The maximum Gasteiger partial charge on any atom is 0.472 e. The minimum atomic E-state index is -4.91. The van der Waals surface area contributed by atoms with E-state index in [0.717, 1.165) is 51.4 Å². The van der Waals surface area contributed by atoms with Gasteiger partial charge < -0.3 is 94.8 Å². The van der Waals surface area contributed by atoms with Gasteiger partial charge in [-0.2, -0.15) is 0 Å². The quantitative estimate of drug-likeness (QED) is 0.0118. The van der Waals surface area contributed by atoms with E-state index >= 15 is 0 Å². The molecule has 26 nitrogen and oxygen atoms in total. The predicted molar refractivity (Wildman–Crippen MR) is 406 cm³/mol. The Morgan fingerprint density at radius 2 is 1.08 bits per heavy atom. The van der Waals surface area contributed by atoms with Crippen molar-refractivity contribution in [3.8, 4) is 0 Å². The molecule has 3 heterocycles. The van der Waals surface area contributed by atoms with Crippen LogP contribution in [0.4, 0.5) is 0 Å². The fraction of sp³-hybridized carbons (Fsp3) is 0.775. The number of fused-ring (bicyclic) bond motifs is 2. The predicted octanol–water partition coefficient (Wildman–Crippen LogP) is 10.3. The first-order chi connectivity index (χ1) is 51.1.